The van der Waals surface area contributed by atoms with Gasteiger partial charge in [-0.3, -0.25) is 0 Å². The van der Waals surface area contributed by atoms with Gasteiger partial charge in [0.1, 0.15) is 0 Å². The van der Waals surface area contributed by atoms with E-state index in [0.717, 1.165) is 11.8 Å². The zero-order chi connectivity index (χ0) is 13.4. The van der Waals surface area contributed by atoms with Crippen LogP contribution in [0.5, 0.6) is 0 Å². The molecule has 0 aromatic carbocycles. The molecule has 0 nitrogen and oxygen atoms in total. The zero-order valence-electron chi connectivity index (χ0n) is 13.0. The second kappa shape index (κ2) is 8.56. The Hall–Kier alpha value is -0.520. The minimum atomic E-state index is 0.738. The first kappa shape index (κ1) is 15.5. The molecular formula is C18H32. The molecule has 0 aromatic heterocycles. The monoisotopic (exact) mass is 248 g/mol. The van der Waals surface area contributed by atoms with Gasteiger partial charge in [-0.05, 0) is 50.9 Å². The van der Waals surface area contributed by atoms with Crippen LogP contribution in [-0.4, -0.2) is 0 Å². The lowest BCUT2D eigenvalue weighted by Crippen LogP contribution is -2.01. The highest BCUT2D eigenvalue weighted by atomic mass is 14.2. The van der Waals surface area contributed by atoms with Crippen LogP contribution in [0.2, 0.25) is 0 Å². The van der Waals surface area contributed by atoms with Crippen molar-refractivity contribution < 1.29 is 0 Å². The number of allylic oxidation sites excluding steroid dienone is 4. The van der Waals surface area contributed by atoms with Crippen LogP contribution in [0.25, 0.3) is 0 Å². The van der Waals surface area contributed by atoms with Gasteiger partial charge in [0.25, 0.3) is 0 Å². The maximum atomic E-state index is 2.42. The van der Waals surface area contributed by atoms with E-state index in [0.29, 0.717) is 0 Å². The summed E-state index contributed by atoms with van der Waals surface area (Å²) in [5.41, 5.74) is 3.39. The van der Waals surface area contributed by atoms with Gasteiger partial charge >= 0.3 is 0 Å². The van der Waals surface area contributed by atoms with Crippen molar-refractivity contribution in [3.63, 3.8) is 0 Å². The van der Waals surface area contributed by atoms with Crippen molar-refractivity contribution in [3.05, 3.63) is 23.3 Å². The van der Waals surface area contributed by atoms with Crippen molar-refractivity contribution in [1.29, 1.82) is 0 Å². The summed E-state index contributed by atoms with van der Waals surface area (Å²) in [6.07, 6.45) is 15.5. The predicted octanol–water partition coefficient (Wildman–Crippen LogP) is 6.29. The van der Waals surface area contributed by atoms with E-state index < -0.39 is 0 Å². The molecule has 0 spiro atoms. The fraction of sp³-hybridized carbons (Fsp3) is 0.778. The fourth-order valence-corrected chi connectivity index (χ4v) is 3.18. The summed E-state index contributed by atoms with van der Waals surface area (Å²) < 4.78 is 0. The van der Waals surface area contributed by atoms with Crippen LogP contribution in [0.4, 0.5) is 0 Å². The van der Waals surface area contributed by atoms with E-state index in [1.165, 1.54) is 51.4 Å². The predicted molar refractivity (Wildman–Crippen MR) is 82.8 cm³/mol. The van der Waals surface area contributed by atoms with Crippen LogP contribution >= 0.6 is 0 Å². The molecule has 2 atom stereocenters. The Labute approximate surface area is 115 Å². The molecule has 0 heteroatoms. The van der Waals surface area contributed by atoms with Gasteiger partial charge in [0, 0.05) is 0 Å². The second-order valence-corrected chi connectivity index (χ2v) is 6.21. The van der Waals surface area contributed by atoms with Gasteiger partial charge in [-0.25, -0.2) is 0 Å². The number of hydrogen-bond donors (Lipinski definition) is 0. The Balaban J connectivity index is 2.69. The summed E-state index contributed by atoms with van der Waals surface area (Å²) >= 11 is 0. The third kappa shape index (κ3) is 5.42. The highest BCUT2D eigenvalue weighted by molar-refractivity contribution is 5.15. The highest BCUT2D eigenvalue weighted by Crippen LogP contribution is 2.26. The second-order valence-electron chi connectivity index (χ2n) is 6.21. The lowest BCUT2D eigenvalue weighted by atomic mass is 9.89. The average Bonchev–Trinajstić information content (AvgIpc) is 2.35. The molecule has 1 aliphatic rings. The summed E-state index contributed by atoms with van der Waals surface area (Å²) in [7, 11) is 0. The van der Waals surface area contributed by atoms with E-state index >= 15 is 0 Å². The van der Waals surface area contributed by atoms with Gasteiger partial charge in [-0.1, -0.05) is 63.3 Å². The summed E-state index contributed by atoms with van der Waals surface area (Å²) in [5.74, 6) is 1.61. The minimum Gasteiger partial charge on any atom is -0.0883 e. The SMILES string of the molecule is CCC1=C(C)CCCCCC(C)CC=CCC1C. The molecule has 0 fully saturated rings. The topological polar surface area (TPSA) is 0 Å². The van der Waals surface area contributed by atoms with E-state index in [4.69, 9.17) is 0 Å². The molecule has 0 heterocycles. The van der Waals surface area contributed by atoms with Crippen LogP contribution in [0.15, 0.2) is 23.3 Å². The Kier molecular flexibility index (Phi) is 7.39. The van der Waals surface area contributed by atoms with Gasteiger partial charge in [-0.15, -0.1) is 0 Å². The van der Waals surface area contributed by atoms with E-state index in [1.54, 1.807) is 11.1 Å². The van der Waals surface area contributed by atoms with Crippen molar-refractivity contribution in [2.24, 2.45) is 11.8 Å². The molecule has 0 saturated heterocycles. The average molecular weight is 248 g/mol. The van der Waals surface area contributed by atoms with Crippen molar-refractivity contribution in [1.82, 2.24) is 0 Å². The van der Waals surface area contributed by atoms with Crippen molar-refractivity contribution in [2.45, 2.75) is 79.1 Å². The summed E-state index contributed by atoms with van der Waals surface area (Å²) in [6, 6.07) is 0. The van der Waals surface area contributed by atoms with Crippen LogP contribution < -0.4 is 0 Å². The maximum Gasteiger partial charge on any atom is -0.0195 e. The molecule has 0 radical (unpaired) electrons. The number of rotatable bonds is 1. The molecular weight excluding hydrogens is 216 g/mol. The molecule has 1 aliphatic carbocycles. The fourth-order valence-electron chi connectivity index (χ4n) is 3.18. The highest BCUT2D eigenvalue weighted by Gasteiger charge is 2.10. The van der Waals surface area contributed by atoms with Gasteiger partial charge in [0.05, 0.1) is 0 Å². The van der Waals surface area contributed by atoms with E-state index in [2.05, 4.69) is 39.8 Å². The normalized spacial score (nSPS) is 28.4. The Bertz CT molecular complexity index is 282. The van der Waals surface area contributed by atoms with Gasteiger partial charge < -0.3 is 0 Å². The minimum absolute atomic E-state index is 0.738. The third-order valence-electron chi connectivity index (χ3n) is 4.47. The Morgan fingerprint density at radius 2 is 1.78 bits per heavy atom. The molecule has 0 aromatic rings. The first-order valence-electron chi connectivity index (χ1n) is 7.98. The summed E-state index contributed by atoms with van der Waals surface area (Å²) in [6.45, 7) is 9.48. The molecule has 18 heavy (non-hydrogen) atoms. The van der Waals surface area contributed by atoms with Gasteiger partial charge in [0.2, 0.25) is 0 Å². The van der Waals surface area contributed by atoms with Gasteiger partial charge in [-0.2, -0.15) is 0 Å². The van der Waals surface area contributed by atoms with Crippen LogP contribution in [0.1, 0.15) is 79.1 Å². The molecule has 0 bridgehead atoms. The van der Waals surface area contributed by atoms with Crippen LogP contribution in [0.3, 0.4) is 0 Å². The van der Waals surface area contributed by atoms with E-state index in [1.807, 2.05) is 0 Å². The van der Waals surface area contributed by atoms with Crippen molar-refractivity contribution in [2.75, 3.05) is 0 Å². The number of hydrogen-bond acceptors (Lipinski definition) is 0. The van der Waals surface area contributed by atoms with Gasteiger partial charge in [0.15, 0.2) is 0 Å². The summed E-state index contributed by atoms with van der Waals surface area (Å²) in [5, 5.41) is 0. The Morgan fingerprint density at radius 1 is 1.06 bits per heavy atom. The quantitative estimate of drug-likeness (QED) is 0.479. The molecule has 0 amide bonds. The molecule has 0 aliphatic heterocycles. The van der Waals surface area contributed by atoms with Crippen LogP contribution in [0, 0.1) is 11.8 Å². The first-order chi connectivity index (χ1) is 8.65. The van der Waals surface area contributed by atoms with Crippen molar-refractivity contribution >= 4 is 0 Å². The lowest BCUT2D eigenvalue weighted by molar-refractivity contribution is 0.495. The largest absolute Gasteiger partial charge is 0.0883 e. The first-order valence-corrected chi connectivity index (χ1v) is 7.98. The zero-order valence-corrected chi connectivity index (χ0v) is 13.0. The lowest BCUT2D eigenvalue weighted by Gasteiger charge is -2.17. The van der Waals surface area contributed by atoms with Crippen LogP contribution in [-0.2, 0) is 0 Å². The smallest absolute Gasteiger partial charge is 0.0195 e. The Morgan fingerprint density at radius 3 is 2.50 bits per heavy atom. The maximum absolute atomic E-state index is 2.42. The molecule has 1 rings (SSSR count). The van der Waals surface area contributed by atoms with E-state index in [9.17, 15) is 0 Å². The van der Waals surface area contributed by atoms with E-state index in [-0.39, 0.29) is 0 Å². The molecule has 104 valence electrons. The van der Waals surface area contributed by atoms with Crippen molar-refractivity contribution in [3.8, 4) is 0 Å². The summed E-state index contributed by atoms with van der Waals surface area (Å²) in [4.78, 5) is 0. The molecule has 2 unspecified atom stereocenters. The standard InChI is InChI=1S/C18H32/c1-5-18-16(3)13-8-6-7-11-15(2)12-9-10-14-17(18)4/h9-10,15,17H,5-8,11-14H2,1-4H3. The molecule has 0 N–H and O–H groups in total. The molecule has 0 saturated carbocycles. The third-order valence-corrected chi connectivity index (χ3v) is 4.47.